The lowest BCUT2D eigenvalue weighted by molar-refractivity contribution is 1.13. The van der Waals surface area contributed by atoms with E-state index in [2.05, 4.69) is 218 Å². The highest BCUT2D eigenvalue weighted by atomic mass is 32.2. The first-order valence-corrected chi connectivity index (χ1v) is 19.9. The average Bonchev–Trinajstić information content (AvgIpc) is 3.22. The lowest BCUT2D eigenvalue weighted by atomic mass is 10.00. The van der Waals surface area contributed by atoms with E-state index < -0.39 is 0 Å². The molecule has 54 heavy (non-hydrogen) atoms. The van der Waals surface area contributed by atoms with E-state index in [0.717, 1.165) is 34.1 Å². The molecular formula is C50H38N2S2. The number of nitrogens with zero attached hydrogens (tertiary/aromatic N) is 2. The zero-order chi connectivity index (χ0) is 36.4. The standard InChI is InChI=1S/C50H38N2S2/c1-35-31-47-49(33-45(35)37-23-27-43(28-24-37)51(39-15-7-3-8-16-39)40-17-9-4-10-18-40)54-48-32-36(2)46(34-50(48)53-47)38-25-29-44(30-26-38)52(41-19-11-5-12-20-41)42-21-13-6-14-22-42/h3-34H,1-2H3. The third-order valence-electron chi connectivity index (χ3n) is 9.95. The van der Waals surface area contributed by atoms with Crippen LogP contribution in [0.15, 0.2) is 214 Å². The normalized spacial score (nSPS) is 11.7. The van der Waals surface area contributed by atoms with Gasteiger partial charge < -0.3 is 9.80 Å². The predicted molar refractivity (Wildman–Crippen MR) is 231 cm³/mol. The van der Waals surface area contributed by atoms with Gasteiger partial charge in [0, 0.05) is 53.7 Å². The van der Waals surface area contributed by atoms with Crippen molar-refractivity contribution in [1.82, 2.24) is 0 Å². The van der Waals surface area contributed by atoms with E-state index in [4.69, 9.17) is 0 Å². The fourth-order valence-electron chi connectivity index (χ4n) is 7.28. The van der Waals surface area contributed by atoms with E-state index in [0.29, 0.717) is 0 Å². The first-order valence-electron chi connectivity index (χ1n) is 18.3. The fraction of sp³-hybridized carbons (Fsp3) is 0.0400. The molecule has 0 aromatic heterocycles. The molecule has 0 fully saturated rings. The molecule has 0 N–H and O–H groups in total. The van der Waals surface area contributed by atoms with E-state index >= 15 is 0 Å². The van der Waals surface area contributed by atoms with Crippen molar-refractivity contribution in [3.63, 3.8) is 0 Å². The second kappa shape index (κ2) is 14.8. The third-order valence-corrected chi connectivity index (χ3v) is 12.4. The molecule has 0 bridgehead atoms. The summed E-state index contributed by atoms with van der Waals surface area (Å²) in [5.74, 6) is 0. The minimum Gasteiger partial charge on any atom is -0.311 e. The van der Waals surface area contributed by atoms with Crippen molar-refractivity contribution in [1.29, 1.82) is 0 Å². The molecule has 8 aromatic carbocycles. The zero-order valence-electron chi connectivity index (χ0n) is 30.2. The Bertz CT molecular complexity index is 2280. The summed E-state index contributed by atoms with van der Waals surface area (Å²) in [6.45, 7) is 4.47. The Morgan fingerprint density at radius 2 is 0.556 bits per heavy atom. The van der Waals surface area contributed by atoms with Crippen LogP contribution < -0.4 is 9.80 Å². The Balaban J connectivity index is 0.982. The lowest BCUT2D eigenvalue weighted by Crippen LogP contribution is -2.09. The Labute approximate surface area is 326 Å². The first-order chi connectivity index (χ1) is 26.6. The number of rotatable bonds is 8. The van der Waals surface area contributed by atoms with E-state index in [1.807, 2.05) is 23.5 Å². The Kier molecular flexibility index (Phi) is 9.30. The van der Waals surface area contributed by atoms with Crippen molar-refractivity contribution in [2.24, 2.45) is 0 Å². The highest BCUT2D eigenvalue weighted by Gasteiger charge is 2.22. The molecule has 1 aliphatic heterocycles. The average molecular weight is 731 g/mol. The zero-order valence-corrected chi connectivity index (χ0v) is 31.8. The van der Waals surface area contributed by atoms with Gasteiger partial charge in [-0.3, -0.25) is 0 Å². The Hall–Kier alpha value is -5.94. The van der Waals surface area contributed by atoms with Crippen molar-refractivity contribution in [3.05, 3.63) is 205 Å². The number of benzene rings is 8. The second-order valence-electron chi connectivity index (χ2n) is 13.5. The summed E-state index contributed by atoms with van der Waals surface area (Å²) >= 11 is 3.77. The molecule has 0 amide bonds. The maximum Gasteiger partial charge on any atom is 0.0462 e. The summed E-state index contributed by atoms with van der Waals surface area (Å²) in [5, 5.41) is 0. The molecule has 1 heterocycles. The maximum atomic E-state index is 2.39. The Morgan fingerprint density at radius 1 is 0.296 bits per heavy atom. The van der Waals surface area contributed by atoms with Crippen molar-refractivity contribution in [3.8, 4) is 22.3 Å². The molecule has 0 unspecified atom stereocenters. The van der Waals surface area contributed by atoms with E-state index in [-0.39, 0.29) is 0 Å². The van der Waals surface area contributed by atoms with Gasteiger partial charge in [-0.05, 0) is 144 Å². The van der Waals surface area contributed by atoms with E-state index in [1.165, 1.54) is 53.0 Å². The summed E-state index contributed by atoms with van der Waals surface area (Å²) in [4.78, 5) is 9.87. The van der Waals surface area contributed by atoms with Crippen LogP contribution >= 0.6 is 23.5 Å². The van der Waals surface area contributed by atoms with Crippen LogP contribution in [-0.2, 0) is 0 Å². The number of anilines is 6. The number of fused-ring (bicyclic) bond motifs is 2. The Morgan fingerprint density at radius 3 is 0.852 bits per heavy atom. The number of hydrogen-bond acceptors (Lipinski definition) is 4. The van der Waals surface area contributed by atoms with Crippen LogP contribution in [0.5, 0.6) is 0 Å². The highest BCUT2D eigenvalue weighted by Crippen LogP contribution is 2.52. The van der Waals surface area contributed by atoms with Crippen LogP contribution in [-0.4, -0.2) is 0 Å². The smallest absolute Gasteiger partial charge is 0.0462 e. The quantitative estimate of drug-likeness (QED) is 0.153. The van der Waals surface area contributed by atoms with E-state index in [1.54, 1.807) is 0 Å². The van der Waals surface area contributed by atoms with Gasteiger partial charge in [0.2, 0.25) is 0 Å². The van der Waals surface area contributed by atoms with Crippen molar-refractivity contribution in [2.75, 3.05) is 9.80 Å². The van der Waals surface area contributed by atoms with Crippen molar-refractivity contribution < 1.29 is 0 Å². The summed E-state index contributed by atoms with van der Waals surface area (Å²) in [7, 11) is 0. The molecule has 1 aliphatic rings. The molecule has 0 radical (unpaired) electrons. The van der Waals surface area contributed by atoms with Gasteiger partial charge >= 0.3 is 0 Å². The van der Waals surface area contributed by atoms with E-state index in [9.17, 15) is 0 Å². The van der Waals surface area contributed by atoms with Crippen molar-refractivity contribution in [2.45, 2.75) is 33.4 Å². The third kappa shape index (κ3) is 6.71. The largest absolute Gasteiger partial charge is 0.311 e. The lowest BCUT2D eigenvalue weighted by Gasteiger charge is -2.26. The fourth-order valence-corrected chi connectivity index (χ4v) is 9.72. The minimum absolute atomic E-state index is 1.14. The molecular weight excluding hydrogens is 693 g/mol. The second-order valence-corrected chi connectivity index (χ2v) is 15.7. The molecule has 8 aromatic rings. The molecule has 0 saturated heterocycles. The van der Waals surface area contributed by atoms with Crippen LogP contribution in [0.4, 0.5) is 34.1 Å². The molecule has 260 valence electrons. The summed E-state index contributed by atoms with van der Waals surface area (Å²) in [5.41, 5.74) is 14.4. The molecule has 0 spiro atoms. The first kappa shape index (κ1) is 33.9. The summed E-state index contributed by atoms with van der Waals surface area (Å²) in [6, 6.07) is 69.8. The maximum absolute atomic E-state index is 2.39. The molecule has 0 aliphatic carbocycles. The topological polar surface area (TPSA) is 6.48 Å². The van der Waals surface area contributed by atoms with Crippen LogP contribution in [0, 0.1) is 13.8 Å². The van der Waals surface area contributed by atoms with Gasteiger partial charge in [0.15, 0.2) is 0 Å². The molecule has 9 rings (SSSR count). The van der Waals surface area contributed by atoms with Gasteiger partial charge in [-0.2, -0.15) is 0 Å². The highest BCUT2D eigenvalue weighted by molar-refractivity contribution is 8.05. The van der Waals surface area contributed by atoms with Gasteiger partial charge in [0.25, 0.3) is 0 Å². The molecule has 0 saturated carbocycles. The van der Waals surface area contributed by atoms with Gasteiger partial charge in [-0.15, -0.1) is 0 Å². The number of para-hydroxylation sites is 4. The van der Waals surface area contributed by atoms with Crippen LogP contribution in [0.25, 0.3) is 22.3 Å². The SMILES string of the molecule is Cc1cc2c(cc1-c1ccc(N(c3ccccc3)c3ccccc3)cc1)Sc1cc(C)c(-c3ccc(N(c4ccccc4)c4ccccc4)cc3)cc1S2. The summed E-state index contributed by atoms with van der Waals surface area (Å²) in [6.07, 6.45) is 0. The van der Waals surface area contributed by atoms with Crippen LogP contribution in [0.3, 0.4) is 0 Å². The minimum atomic E-state index is 1.14. The van der Waals surface area contributed by atoms with Gasteiger partial charge in [-0.1, -0.05) is 121 Å². The summed E-state index contributed by atoms with van der Waals surface area (Å²) < 4.78 is 0. The van der Waals surface area contributed by atoms with Gasteiger partial charge in [-0.25, -0.2) is 0 Å². The van der Waals surface area contributed by atoms with Crippen LogP contribution in [0.1, 0.15) is 11.1 Å². The molecule has 0 atom stereocenters. The number of aryl methyl sites for hydroxylation is 2. The van der Waals surface area contributed by atoms with Gasteiger partial charge in [0.1, 0.15) is 0 Å². The molecule has 4 heteroatoms. The monoisotopic (exact) mass is 730 g/mol. The predicted octanol–water partition coefficient (Wildman–Crippen LogP) is 15.2. The van der Waals surface area contributed by atoms with Crippen molar-refractivity contribution >= 4 is 57.6 Å². The molecule has 2 nitrogen and oxygen atoms in total. The number of hydrogen-bond donors (Lipinski definition) is 0. The van der Waals surface area contributed by atoms with Crippen LogP contribution in [0.2, 0.25) is 0 Å². The van der Waals surface area contributed by atoms with Gasteiger partial charge in [0.05, 0.1) is 0 Å².